The Balaban J connectivity index is 1.36. The van der Waals surface area contributed by atoms with Crippen molar-refractivity contribution >= 4 is 47.5 Å². The zero-order valence-corrected chi connectivity index (χ0v) is 21.3. The molecular formula is C25H27N7O4S. The van der Waals surface area contributed by atoms with Gasteiger partial charge in [0.05, 0.1) is 23.3 Å². The van der Waals surface area contributed by atoms with Crippen LogP contribution in [0.5, 0.6) is 0 Å². The number of aryl methyl sites for hydroxylation is 1. The van der Waals surface area contributed by atoms with Crippen molar-refractivity contribution in [3.63, 3.8) is 0 Å². The monoisotopic (exact) mass is 521 g/mol. The third kappa shape index (κ3) is 4.91. The number of nitrogens with one attached hydrogen (secondary N) is 2. The molecule has 12 heteroatoms. The Hall–Kier alpha value is -3.85. The van der Waals surface area contributed by atoms with E-state index in [4.69, 9.17) is 4.74 Å². The predicted octanol–water partition coefficient (Wildman–Crippen LogP) is 3.41. The molecule has 2 N–H and O–H groups in total. The lowest BCUT2D eigenvalue weighted by Gasteiger charge is -2.30. The maximum atomic E-state index is 13.2. The Kier molecular flexibility index (Phi) is 6.88. The number of aldehydes is 1. The summed E-state index contributed by atoms with van der Waals surface area (Å²) in [7, 11) is 0. The minimum Gasteiger partial charge on any atom is -0.447 e. The SMILES string of the molecule is CSCCNc1cc(NC(=O)N2CCCc3cc(CN4C(=O)OCC45CC5)c(C=O)nc32)ncc1C#N. The number of fused-ring (bicyclic) bond motifs is 1. The average molecular weight is 522 g/mol. The highest BCUT2D eigenvalue weighted by atomic mass is 32.2. The van der Waals surface area contributed by atoms with Crippen molar-refractivity contribution in [1.82, 2.24) is 14.9 Å². The third-order valence-electron chi connectivity index (χ3n) is 6.93. The average Bonchev–Trinajstić information content (AvgIpc) is 3.64. The zero-order chi connectivity index (χ0) is 26.0. The standard InChI is InChI=1S/C25H27N7O4S/c1-37-8-6-27-19-10-21(28-12-18(19)11-26)30-23(34)31-7-2-3-16-9-17(20(14-33)29-22(16)31)13-32-24(35)36-15-25(32)4-5-25/h9-10,12,14H,2-8,13,15H2,1H3,(H2,27,28,30,34). The van der Waals surface area contributed by atoms with Crippen molar-refractivity contribution in [3.8, 4) is 6.07 Å². The second-order valence-electron chi connectivity index (χ2n) is 9.33. The van der Waals surface area contributed by atoms with Crippen LogP contribution in [0.2, 0.25) is 0 Å². The van der Waals surface area contributed by atoms with Crippen LogP contribution in [0.15, 0.2) is 18.3 Å². The van der Waals surface area contributed by atoms with Gasteiger partial charge in [0.2, 0.25) is 0 Å². The third-order valence-corrected chi connectivity index (χ3v) is 7.54. The summed E-state index contributed by atoms with van der Waals surface area (Å²) in [6, 6.07) is 5.19. The molecule has 3 aliphatic rings. The normalized spacial score (nSPS) is 17.1. The molecular weight excluding hydrogens is 494 g/mol. The Labute approximate surface area is 218 Å². The largest absolute Gasteiger partial charge is 0.447 e. The van der Waals surface area contributed by atoms with Crippen LogP contribution in [-0.2, 0) is 17.7 Å². The van der Waals surface area contributed by atoms with Crippen LogP contribution >= 0.6 is 11.8 Å². The second-order valence-corrected chi connectivity index (χ2v) is 10.3. The molecule has 0 aromatic carbocycles. The Morgan fingerprint density at radius 1 is 1.38 bits per heavy atom. The highest BCUT2D eigenvalue weighted by Crippen LogP contribution is 2.46. The van der Waals surface area contributed by atoms with Crippen molar-refractivity contribution in [2.75, 3.05) is 47.2 Å². The smallest absolute Gasteiger partial charge is 0.410 e. The van der Waals surface area contributed by atoms with E-state index >= 15 is 0 Å². The number of nitrogens with zero attached hydrogens (tertiary/aromatic N) is 5. The van der Waals surface area contributed by atoms with E-state index in [0.717, 1.165) is 30.6 Å². The zero-order valence-electron chi connectivity index (χ0n) is 20.5. The summed E-state index contributed by atoms with van der Waals surface area (Å²) in [5, 5.41) is 15.4. The van der Waals surface area contributed by atoms with E-state index in [9.17, 15) is 19.6 Å². The first-order valence-electron chi connectivity index (χ1n) is 12.1. The lowest BCUT2D eigenvalue weighted by Crippen LogP contribution is -2.40. The summed E-state index contributed by atoms with van der Waals surface area (Å²) in [6.45, 7) is 1.73. The molecule has 0 atom stereocenters. The van der Waals surface area contributed by atoms with Crippen molar-refractivity contribution in [1.29, 1.82) is 5.26 Å². The first-order valence-corrected chi connectivity index (χ1v) is 13.5. The molecule has 2 aromatic rings. The number of pyridine rings is 2. The molecule has 0 bridgehead atoms. The van der Waals surface area contributed by atoms with Gasteiger partial charge in [0, 0.05) is 36.7 Å². The summed E-state index contributed by atoms with van der Waals surface area (Å²) in [5.74, 6) is 1.59. The van der Waals surface area contributed by atoms with Gasteiger partial charge in [-0.1, -0.05) is 0 Å². The molecule has 4 heterocycles. The number of urea groups is 1. The van der Waals surface area contributed by atoms with Gasteiger partial charge < -0.3 is 10.1 Å². The van der Waals surface area contributed by atoms with Gasteiger partial charge in [-0.05, 0) is 43.6 Å². The molecule has 37 heavy (non-hydrogen) atoms. The van der Waals surface area contributed by atoms with E-state index in [-0.39, 0.29) is 23.9 Å². The van der Waals surface area contributed by atoms with Crippen LogP contribution in [0.4, 0.5) is 26.9 Å². The fraction of sp³-hybridized carbons (Fsp3) is 0.440. The molecule has 11 nitrogen and oxygen atoms in total. The van der Waals surface area contributed by atoms with Crippen LogP contribution in [0.25, 0.3) is 0 Å². The van der Waals surface area contributed by atoms with Crippen molar-refractivity contribution in [3.05, 3.63) is 40.7 Å². The molecule has 0 unspecified atom stereocenters. The molecule has 1 aliphatic carbocycles. The van der Waals surface area contributed by atoms with Gasteiger partial charge >= 0.3 is 12.1 Å². The highest BCUT2D eigenvalue weighted by molar-refractivity contribution is 7.98. The first-order chi connectivity index (χ1) is 18.0. The number of hydrogen-bond donors (Lipinski definition) is 2. The number of anilines is 3. The van der Waals surface area contributed by atoms with Gasteiger partial charge in [-0.3, -0.25) is 19.9 Å². The molecule has 192 valence electrons. The van der Waals surface area contributed by atoms with Gasteiger partial charge in [-0.25, -0.2) is 19.6 Å². The van der Waals surface area contributed by atoms with E-state index < -0.39 is 6.03 Å². The van der Waals surface area contributed by atoms with Crippen LogP contribution < -0.4 is 15.5 Å². The quantitative estimate of drug-likeness (QED) is 0.395. The Morgan fingerprint density at radius 2 is 2.22 bits per heavy atom. The van der Waals surface area contributed by atoms with Crippen molar-refractivity contribution in [2.45, 2.75) is 37.8 Å². The van der Waals surface area contributed by atoms with Crippen LogP contribution in [0.1, 0.15) is 46.4 Å². The number of aromatic nitrogens is 2. The fourth-order valence-corrected chi connectivity index (χ4v) is 5.02. The minimum atomic E-state index is -0.426. The molecule has 1 saturated carbocycles. The summed E-state index contributed by atoms with van der Waals surface area (Å²) < 4.78 is 5.24. The van der Waals surface area contributed by atoms with E-state index in [1.807, 2.05) is 12.3 Å². The maximum absolute atomic E-state index is 13.2. The van der Waals surface area contributed by atoms with Gasteiger partial charge in [0.25, 0.3) is 0 Å². The summed E-state index contributed by atoms with van der Waals surface area (Å²) in [5.41, 5.74) is 2.42. The summed E-state index contributed by atoms with van der Waals surface area (Å²) in [4.78, 5) is 49.4. The van der Waals surface area contributed by atoms with E-state index in [2.05, 4.69) is 26.7 Å². The lowest BCUT2D eigenvalue weighted by atomic mass is 10.0. The number of carbonyl (C=O) groups excluding carboxylic acids is 3. The molecule has 3 amide bonds. The number of amides is 3. The van der Waals surface area contributed by atoms with Crippen molar-refractivity contribution in [2.24, 2.45) is 0 Å². The van der Waals surface area contributed by atoms with E-state index in [1.54, 1.807) is 22.7 Å². The van der Waals surface area contributed by atoms with E-state index in [0.29, 0.717) is 60.9 Å². The second kappa shape index (κ2) is 10.3. The number of carbonyl (C=O) groups is 3. The van der Waals surface area contributed by atoms with Crippen LogP contribution in [0, 0.1) is 11.3 Å². The maximum Gasteiger partial charge on any atom is 0.410 e. The summed E-state index contributed by atoms with van der Waals surface area (Å²) >= 11 is 1.68. The van der Waals surface area contributed by atoms with Gasteiger partial charge in [0.15, 0.2) is 6.29 Å². The topological polar surface area (TPSA) is 141 Å². The predicted molar refractivity (Wildman–Crippen MR) is 139 cm³/mol. The number of hydrogen-bond acceptors (Lipinski definition) is 9. The molecule has 2 fully saturated rings. The lowest BCUT2D eigenvalue weighted by molar-refractivity contribution is 0.111. The van der Waals surface area contributed by atoms with E-state index in [1.165, 1.54) is 11.1 Å². The molecule has 5 rings (SSSR count). The Bertz CT molecular complexity index is 1290. The molecule has 0 radical (unpaired) electrons. The highest BCUT2D eigenvalue weighted by Gasteiger charge is 2.56. The van der Waals surface area contributed by atoms with Gasteiger partial charge in [0.1, 0.15) is 30.0 Å². The van der Waals surface area contributed by atoms with Gasteiger partial charge in [-0.15, -0.1) is 0 Å². The molecule has 1 saturated heterocycles. The molecule has 2 aliphatic heterocycles. The summed E-state index contributed by atoms with van der Waals surface area (Å²) in [6.07, 6.45) is 6.91. The number of thioether (sulfide) groups is 1. The molecule has 2 aromatic heterocycles. The first kappa shape index (κ1) is 24.8. The number of ether oxygens (including phenoxy) is 1. The van der Waals surface area contributed by atoms with Crippen molar-refractivity contribution < 1.29 is 19.1 Å². The minimum absolute atomic E-state index is 0.200. The molecule has 1 spiro atoms. The van der Waals surface area contributed by atoms with Crippen LogP contribution in [0.3, 0.4) is 0 Å². The number of rotatable bonds is 8. The fourth-order valence-electron chi connectivity index (χ4n) is 4.71. The van der Waals surface area contributed by atoms with Crippen LogP contribution in [-0.4, -0.2) is 70.5 Å². The number of cyclic esters (lactones) is 1. The van der Waals surface area contributed by atoms with Gasteiger partial charge in [-0.2, -0.15) is 17.0 Å². The number of nitriles is 1. The Morgan fingerprint density at radius 3 is 2.95 bits per heavy atom.